The van der Waals surface area contributed by atoms with Crippen LogP contribution in [0.2, 0.25) is 5.02 Å². The number of pyridine rings is 1. The van der Waals surface area contributed by atoms with Crippen molar-refractivity contribution >= 4 is 28.4 Å². The molecule has 1 aromatic heterocycles. The molecule has 1 amide bonds. The molecule has 0 aliphatic heterocycles. The number of hydrogen-bond donors (Lipinski definition) is 1. The van der Waals surface area contributed by atoms with Gasteiger partial charge in [0, 0.05) is 22.6 Å². The van der Waals surface area contributed by atoms with Gasteiger partial charge in [0.15, 0.2) is 0 Å². The van der Waals surface area contributed by atoms with E-state index in [1.807, 2.05) is 18.2 Å². The Morgan fingerprint density at radius 3 is 2.81 bits per heavy atom. The molecule has 3 rings (SSSR count). The number of unbranched alkanes of at least 4 members (excludes halogenated alkanes) is 1. The highest BCUT2D eigenvalue weighted by Gasteiger charge is 2.23. The maximum atomic E-state index is 12.9. The molecule has 1 aromatic carbocycles. The monoisotopic (exact) mass is 373 g/mol. The largest absolute Gasteiger partial charge is 0.352 e. The lowest BCUT2D eigenvalue weighted by Crippen LogP contribution is -2.28. The first-order valence-corrected chi connectivity index (χ1v) is 10.1. The molecule has 0 atom stereocenters. The summed E-state index contributed by atoms with van der Waals surface area (Å²) in [6, 6.07) is 5.63. The summed E-state index contributed by atoms with van der Waals surface area (Å²) in [4.78, 5) is 20.1. The summed E-state index contributed by atoms with van der Waals surface area (Å²) < 4.78 is 0. The highest BCUT2D eigenvalue weighted by atomic mass is 35.5. The third-order valence-corrected chi connectivity index (χ3v) is 5.52. The second-order valence-corrected chi connectivity index (χ2v) is 7.35. The molecule has 0 radical (unpaired) electrons. The van der Waals surface area contributed by atoms with Crippen molar-refractivity contribution in [2.75, 3.05) is 26.2 Å². The lowest BCUT2D eigenvalue weighted by Gasteiger charge is -2.17. The lowest BCUT2D eigenvalue weighted by molar-refractivity contribution is 0.0953. The number of nitrogens with zero attached hydrogens (tertiary/aromatic N) is 2. The average molecular weight is 374 g/mol. The Hall–Kier alpha value is -1.65. The van der Waals surface area contributed by atoms with Gasteiger partial charge in [-0.3, -0.25) is 9.78 Å². The van der Waals surface area contributed by atoms with E-state index in [1.54, 1.807) is 0 Å². The van der Waals surface area contributed by atoms with Crippen molar-refractivity contribution in [2.24, 2.45) is 0 Å². The molecule has 0 saturated heterocycles. The highest BCUT2D eigenvalue weighted by molar-refractivity contribution is 6.31. The maximum absolute atomic E-state index is 12.9. The standard InChI is InChI=1S/C21H28ClN3O/c1-3-25(4-2)13-6-5-12-23-21(26)20-16-8-7-9-18(16)24-19-11-10-15(22)14-17(19)20/h10-11,14H,3-9,12-13H2,1-2H3,(H,23,26). The van der Waals surface area contributed by atoms with Crippen LogP contribution in [0.1, 0.15) is 54.7 Å². The van der Waals surface area contributed by atoms with Gasteiger partial charge in [0.05, 0.1) is 11.1 Å². The molecule has 2 aromatic rings. The molecule has 0 unspecified atom stereocenters. The molecule has 0 spiro atoms. The number of halogens is 1. The van der Waals surface area contributed by atoms with Crippen LogP contribution in [0.15, 0.2) is 18.2 Å². The fourth-order valence-electron chi connectivity index (χ4n) is 3.78. The normalized spacial score (nSPS) is 13.4. The number of carbonyl (C=O) groups is 1. The van der Waals surface area contributed by atoms with Crippen LogP contribution in [-0.4, -0.2) is 42.0 Å². The number of nitrogens with one attached hydrogen (secondary N) is 1. The number of aryl methyl sites for hydroxylation is 1. The van der Waals surface area contributed by atoms with Gasteiger partial charge in [-0.15, -0.1) is 0 Å². The fraction of sp³-hybridized carbons (Fsp3) is 0.524. The Balaban J connectivity index is 1.71. The molecule has 0 fully saturated rings. The van der Waals surface area contributed by atoms with Crippen LogP contribution in [0.4, 0.5) is 0 Å². The minimum atomic E-state index is 0.0145. The number of fused-ring (bicyclic) bond motifs is 2. The Morgan fingerprint density at radius 2 is 2.04 bits per heavy atom. The third-order valence-electron chi connectivity index (χ3n) is 5.28. The number of rotatable bonds is 8. The summed E-state index contributed by atoms with van der Waals surface area (Å²) in [7, 11) is 0. The van der Waals surface area contributed by atoms with Gasteiger partial charge in [0.1, 0.15) is 0 Å². The van der Waals surface area contributed by atoms with E-state index in [4.69, 9.17) is 16.6 Å². The van der Waals surface area contributed by atoms with Crippen molar-refractivity contribution < 1.29 is 4.79 Å². The van der Waals surface area contributed by atoms with E-state index in [2.05, 4.69) is 24.1 Å². The van der Waals surface area contributed by atoms with Crippen LogP contribution in [0.5, 0.6) is 0 Å². The summed E-state index contributed by atoms with van der Waals surface area (Å²) in [6.45, 7) is 8.33. The van der Waals surface area contributed by atoms with Crippen LogP contribution in [0, 0.1) is 0 Å². The van der Waals surface area contributed by atoms with Gasteiger partial charge in [-0.2, -0.15) is 0 Å². The Labute approximate surface area is 160 Å². The van der Waals surface area contributed by atoms with Crippen molar-refractivity contribution in [3.05, 3.63) is 40.0 Å². The Kier molecular flexibility index (Phi) is 6.49. The summed E-state index contributed by atoms with van der Waals surface area (Å²) >= 11 is 6.18. The molecule has 4 nitrogen and oxygen atoms in total. The van der Waals surface area contributed by atoms with Gasteiger partial charge in [-0.25, -0.2) is 0 Å². The maximum Gasteiger partial charge on any atom is 0.252 e. The average Bonchev–Trinajstić information content (AvgIpc) is 3.10. The van der Waals surface area contributed by atoms with E-state index < -0.39 is 0 Å². The second kappa shape index (κ2) is 8.83. The zero-order valence-electron chi connectivity index (χ0n) is 15.8. The predicted octanol–water partition coefficient (Wildman–Crippen LogP) is 4.23. The fourth-order valence-corrected chi connectivity index (χ4v) is 3.96. The van der Waals surface area contributed by atoms with Gasteiger partial charge in [-0.05, 0) is 75.5 Å². The van der Waals surface area contributed by atoms with Gasteiger partial charge in [0.2, 0.25) is 0 Å². The van der Waals surface area contributed by atoms with Crippen molar-refractivity contribution in [2.45, 2.75) is 46.0 Å². The van der Waals surface area contributed by atoms with E-state index in [1.165, 1.54) is 0 Å². The molecule has 0 saturated carbocycles. The van der Waals surface area contributed by atoms with Crippen LogP contribution in [0.3, 0.4) is 0 Å². The van der Waals surface area contributed by atoms with E-state index in [-0.39, 0.29) is 5.91 Å². The first-order chi connectivity index (χ1) is 12.6. The van der Waals surface area contributed by atoms with Crippen molar-refractivity contribution in [1.82, 2.24) is 15.2 Å². The van der Waals surface area contributed by atoms with E-state index in [9.17, 15) is 4.79 Å². The molecule has 1 heterocycles. The SMILES string of the molecule is CCN(CC)CCCCNC(=O)c1c2c(nc3ccc(Cl)cc13)CCC2. The topological polar surface area (TPSA) is 45.2 Å². The zero-order valence-corrected chi connectivity index (χ0v) is 16.5. The first-order valence-electron chi connectivity index (χ1n) is 9.75. The smallest absolute Gasteiger partial charge is 0.252 e. The van der Waals surface area contributed by atoms with Gasteiger partial charge >= 0.3 is 0 Å². The Morgan fingerprint density at radius 1 is 1.23 bits per heavy atom. The summed E-state index contributed by atoms with van der Waals surface area (Å²) in [5.41, 5.74) is 3.84. The lowest BCUT2D eigenvalue weighted by atomic mass is 10.0. The Bertz CT molecular complexity index is 786. The van der Waals surface area contributed by atoms with Crippen molar-refractivity contribution in [1.29, 1.82) is 0 Å². The first kappa shape index (κ1) is 19.1. The predicted molar refractivity (Wildman–Crippen MR) is 108 cm³/mol. The molecular formula is C21H28ClN3O. The second-order valence-electron chi connectivity index (χ2n) is 6.92. The van der Waals surface area contributed by atoms with Gasteiger partial charge < -0.3 is 10.2 Å². The number of amides is 1. The molecule has 26 heavy (non-hydrogen) atoms. The van der Waals surface area contributed by atoms with Crippen molar-refractivity contribution in [3.8, 4) is 0 Å². The molecule has 1 aliphatic rings. The number of benzene rings is 1. The zero-order chi connectivity index (χ0) is 18.5. The van der Waals surface area contributed by atoms with Gasteiger partial charge in [-0.1, -0.05) is 25.4 Å². The van der Waals surface area contributed by atoms with Crippen molar-refractivity contribution in [3.63, 3.8) is 0 Å². The third kappa shape index (κ3) is 4.18. The molecule has 1 aliphatic carbocycles. The van der Waals surface area contributed by atoms with E-state index in [0.717, 1.165) is 79.5 Å². The number of carbonyl (C=O) groups excluding carboxylic acids is 1. The molecule has 140 valence electrons. The molecule has 1 N–H and O–H groups in total. The highest BCUT2D eigenvalue weighted by Crippen LogP contribution is 2.31. The number of hydrogen-bond acceptors (Lipinski definition) is 3. The molecular weight excluding hydrogens is 346 g/mol. The quantitative estimate of drug-likeness (QED) is 0.704. The van der Waals surface area contributed by atoms with Crippen LogP contribution in [0.25, 0.3) is 10.9 Å². The molecule has 5 heteroatoms. The van der Waals surface area contributed by atoms with E-state index in [0.29, 0.717) is 11.6 Å². The number of aromatic nitrogens is 1. The van der Waals surface area contributed by atoms with E-state index >= 15 is 0 Å². The minimum Gasteiger partial charge on any atom is -0.352 e. The van der Waals surface area contributed by atoms with Crippen LogP contribution < -0.4 is 5.32 Å². The summed E-state index contributed by atoms with van der Waals surface area (Å²) in [6.07, 6.45) is 5.04. The summed E-state index contributed by atoms with van der Waals surface area (Å²) in [5, 5.41) is 4.64. The van der Waals surface area contributed by atoms with Gasteiger partial charge in [0.25, 0.3) is 5.91 Å². The molecule has 0 bridgehead atoms. The minimum absolute atomic E-state index is 0.0145. The van der Waals surface area contributed by atoms with Crippen LogP contribution >= 0.6 is 11.6 Å². The summed E-state index contributed by atoms with van der Waals surface area (Å²) in [5.74, 6) is 0.0145. The van der Waals surface area contributed by atoms with Crippen LogP contribution in [-0.2, 0) is 12.8 Å².